The molecule has 18 heavy (non-hydrogen) atoms. The van der Waals surface area contributed by atoms with Crippen LogP contribution in [0.25, 0.3) is 10.9 Å². The minimum atomic E-state index is -1.06. The second-order valence-electron chi connectivity index (χ2n) is 4.30. The zero-order chi connectivity index (χ0) is 13.1. The molecule has 0 N–H and O–H groups in total. The van der Waals surface area contributed by atoms with Crippen LogP contribution in [-0.4, -0.2) is 21.2 Å². The van der Waals surface area contributed by atoms with Gasteiger partial charge in [0, 0.05) is 5.39 Å². The first-order valence-corrected chi connectivity index (χ1v) is 6.55. The molecule has 0 aliphatic heterocycles. The van der Waals surface area contributed by atoms with Gasteiger partial charge in [-0.25, -0.2) is 9.97 Å². The van der Waals surface area contributed by atoms with Crippen LogP contribution in [0.1, 0.15) is 13.8 Å². The molecular formula is C13H13N2O2S-. The van der Waals surface area contributed by atoms with Gasteiger partial charge in [0.1, 0.15) is 11.4 Å². The summed E-state index contributed by atoms with van der Waals surface area (Å²) in [7, 11) is 0. The monoisotopic (exact) mass is 261 g/mol. The maximum Gasteiger partial charge on any atom is 0.117 e. The van der Waals surface area contributed by atoms with Crippen molar-refractivity contribution in [3.05, 3.63) is 30.6 Å². The molecule has 0 aliphatic rings. The summed E-state index contributed by atoms with van der Waals surface area (Å²) in [4.78, 5) is 19.4. The molecule has 0 aliphatic carbocycles. The number of aliphatic carboxylic acids is 1. The van der Waals surface area contributed by atoms with Crippen molar-refractivity contribution in [1.29, 1.82) is 0 Å². The quantitative estimate of drug-likeness (QED) is 0.616. The molecule has 4 nitrogen and oxygen atoms in total. The van der Waals surface area contributed by atoms with Crippen molar-refractivity contribution >= 4 is 28.6 Å². The fourth-order valence-electron chi connectivity index (χ4n) is 1.65. The van der Waals surface area contributed by atoms with Gasteiger partial charge in [-0.3, -0.25) is 0 Å². The lowest BCUT2D eigenvalue weighted by molar-refractivity contribution is -0.305. The Balaban J connectivity index is 2.39. The van der Waals surface area contributed by atoms with Crippen LogP contribution >= 0.6 is 11.8 Å². The second kappa shape index (κ2) is 5.35. The van der Waals surface area contributed by atoms with Crippen LogP contribution in [0.15, 0.2) is 35.6 Å². The smallest absolute Gasteiger partial charge is 0.117 e. The number of carbonyl (C=O) groups excluding carboxylic acids is 1. The molecule has 1 unspecified atom stereocenters. The molecule has 0 amide bonds. The third-order valence-corrected chi connectivity index (χ3v) is 4.12. The number of carboxylic acids is 1. The maximum absolute atomic E-state index is 11.1. The highest BCUT2D eigenvalue weighted by molar-refractivity contribution is 8.00. The van der Waals surface area contributed by atoms with Gasteiger partial charge in [-0.2, -0.15) is 0 Å². The summed E-state index contributed by atoms with van der Waals surface area (Å²) in [5, 5.41) is 12.1. The van der Waals surface area contributed by atoms with Gasteiger partial charge in [-0.05, 0) is 12.0 Å². The average molecular weight is 261 g/mol. The number of benzene rings is 1. The van der Waals surface area contributed by atoms with E-state index in [2.05, 4.69) is 9.97 Å². The van der Waals surface area contributed by atoms with Gasteiger partial charge in [0.2, 0.25) is 0 Å². The number of fused-ring (bicyclic) bond motifs is 1. The van der Waals surface area contributed by atoms with Crippen molar-refractivity contribution in [3.8, 4) is 0 Å². The predicted molar refractivity (Wildman–Crippen MR) is 69.0 cm³/mol. The highest BCUT2D eigenvalue weighted by Gasteiger charge is 2.18. The van der Waals surface area contributed by atoms with E-state index in [0.29, 0.717) is 5.03 Å². The minimum Gasteiger partial charge on any atom is -0.549 e. The summed E-state index contributed by atoms with van der Waals surface area (Å²) in [5.74, 6) is -1.08. The Morgan fingerprint density at radius 2 is 2.00 bits per heavy atom. The number of carbonyl (C=O) groups is 1. The van der Waals surface area contributed by atoms with Crippen molar-refractivity contribution in [2.75, 3.05) is 0 Å². The van der Waals surface area contributed by atoms with Crippen LogP contribution in [0.5, 0.6) is 0 Å². The van der Waals surface area contributed by atoms with Gasteiger partial charge >= 0.3 is 0 Å². The lowest BCUT2D eigenvalue weighted by atomic mass is 10.1. The number of nitrogens with zero attached hydrogens (tertiary/aromatic N) is 2. The van der Waals surface area contributed by atoms with E-state index < -0.39 is 11.2 Å². The van der Waals surface area contributed by atoms with Crippen molar-refractivity contribution in [1.82, 2.24) is 9.97 Å². The molecule has 1 aromatic carbocycles. The van der Waals surface area contributed by atoms with E-state index >= 15 is 0 Å². The van der Waals surface area contributed by atoms with Gasteiger partial charge < -0.3 is 9.90 Å². The normalized spacial score (nSPS) is 12.8. The summed E-state index contributed by atoms with van der Waals surface area (Å²) in [6.45, 7) is 3.72. The summed E-state index contributed by atoms with van der Waals surface area (Å²) < 4.78 is 0. The molecule has 1 atom stereocenters. The van der Waals surface area contributed by atoms with Crippen molar-refractivity contribution in [3.63, 3.8) is 0 Å². The number of hydrogen-bond donors (Lipinski definition) is 0. The topological polar surface area (TPSA) is 65.9 Å². The zero-order valence-corrected chi connectivity index (χ0v) is 11.0. The first-order chi connectivity index (χ1) is 8.59. The molecule has 2 rings (SSSR count). The first-order valence-electron chi connectivity index (χ1n) is 5.67. The van der Waals surface area contributed by atoms with E-state index in [1.165, 1.54) is 18.1 Å². The van der Waals surface area contributed by atoms with Gasteiger partial charge in [0.25, 0.3) is 0 Å². The molecule has 5 heteroatoms. The Morgan fingerprint density at radius 1 is 1.28 bits per heavy atom. The third kappa shape index (κ3) is 2.61. The lowest BCUT2D eigenvalue weighted by Crippen LogP contribution is -2.36. The van der Waals surface area contributed by atoms with Gasteiger partial charge in [0.05, 0.1) is 16.7 Å². The molecule has 2 aromatic rings. The molecule has 0 radical (unpaired) electrons. The second-order valence-corrected chi connectivity index (χ2v) is 5.43. The molecule has 1 aromatic heterocycles. The Hall–Kier alpha value is -1.62. The zero-order valence-electron chi connectivity index (χ0n) is 10.2. The molecule has 0 saturated heterocycles. The first kappa shape index (κ1) is 12.8. The number of para-hydroxylation sites is 1. The van der Waals surface area contributed by atoms with Gasteiger partial charge in [0.15, 0.2) is 0 Å². The van der Waals surface area contributed by atoms with E-state index in [1.54, 1.807) is 0 Å². The molecule has 0 spiro atoms. The Morgan fingerprint density at radius 3 is 2.67 bits per heavy atom. The summed E-state index contributed by atoms with van der Waals surface area (Å²) in [5.41, 5.74) is 0.816. The number of hydrogen-bond acceptors (Lipinski definition) is 5. The van der Waals surface area contributed by atoms with E-state index in [9.17, 15) is 9.90 Å². The van der Waals surface area contributed by atoms with Gasteiger partial charge in [-0.1, -0.05) is 43.8 Å². The largest absolute Gasteiger partial charge is 0.549 e. The van der Waals surface area contributed by atoms with Crippen molar-refractivity contribution < 1.29 is 9.90 Å². The fourth-order valence-corrected chi connectivity index (χ4v) is 2.67. The molecule has 0 fully saturated rings. The number of thioether (sulfide) groups is 1. The average Bonchev–Trinajstić information content (AvgIpc) is 2.35. The van der Waals surface area contributed by atoms with Gasteiger partial charge in [-0.15, -0.1) is 0 Å². The summed E-state index contributed by atoms with van der Waals surface area (Å²) in [6, 6.07) is 7.55. The molecular weight excluding hydrogens is 248 g/mol. The maximum atomic E-state index is 11.1. The SMILES string of the molecule is CC(C)C(Sc1ncnc2ccccc12)C(=O)[O-]. The fraction of sp³-hybridized carbons (Fsp3) is 0.308. The Labute approximate surface area is 109 Å². The van der Waals surface area contributed by atoms with Crippen molar-refractivity contribution in [2.24, 2.45) is 5.92 Å². The van der Waals surface area contributed by atoms with E-state index in [4.69, 9.17) is 0 Å². The van der Waals surface area contributed by atoms with Crippen LogP contribution in [-0.2, 0) is 4.79 Å². The van der Waals surface area contributed by atoms with E-state index in [-0.39, 0.29) is 5.92 Å². The molecule has 0 saturated carbocycles. The van der Waals surface area contributed by atoms with Crippen LogP contribution < -0.4 is 5.11 Å². The third-order valence-electron chi connectivity index (χ3n) is 2.58. The Kier molecular flexibility index (Phi) is 3.81. The molecule has 94 valence electrons. The molecule has 0 bridgehead atoms. The van der Waals surface area contributed by atoms with Crippen LogP contribution in [0.2, 0.25) is 0 Å². The highest BCUT2D eigenvalue weighted by Crippen LogP contribution is 2.30. The standard InChI is InChI=1S/C13H14N2O2S/c1-8(2)11(13(16)17)18-12-9-5-3-4-6-10(9)14-7-15-12/h3-8,11H,1-2H3,(H,16,17)/p-1. The summed E-state index contributed by atoms with van der Waals surface area (Å²) >= 11 is 1.22. The Bertz CT molecular complexity index is 566. The minimum absolute atomic E-state index is 0.0197. The number of aromatic nitrogens is 2. The molecule has 1 heterocycles. The number of carboxylic acid groups (broad SMARTS) is 1. The summed E-state index contributed by atoms with van der Waals surface area (Å²) in [6.07, 6.45) is 1.46. The van der Waals surface area contributed by atoms with E-state index in [0.717, 1.165) is 10.9 Å². The highest BCUT2D eigenvalue weighted by atomic mass is 32.2. The van der Waals surface area contributed by atoms with Crippen molar-refractivity contribution in [2.45, 2.75) is 24.1 Å². The lowest BCUT2D eigenvalue weighted by Gasteiger charge is -2.21. The van der Waals surface area contributed by atoms with Crippen LogP contribution in [0.3, 0.4) is 0 Å². The van der Waals surface area contributed by atoms with Crippen LogP contribution in [0.4, 0.5) is 0 Å². The number of rotatable bonds is 4. The van der Waals surface area contributed by atoms with Crippen LogP contribution in [0, 0.1) is 5.92 Å². The predicted octanol–water partition coefficient (Wildman–Crippen LogP) is 1.50. The van der Waals surface area contributed by atoms with E-state index in [1.807, 2.05) is 38.1 Å².